The van der Waals surface area contributed by atoms with E-state index < -0.39 is 0 Å². The first-order valence-electron chi connectivity index (χ1n) is 8.42. The Kier molecular flexibility index (Phi) is 5.80. The predicted octanol–water partition coefficient (Wildman–Crippen LogP) is 0.775. The molecule has 1 aliphatic rings. The number of aromatic nitrogens is 2. The van der Waals surface area contributed by atoms with Crippen molar-refractivity contribution in [1.29, 1.82) is 0 Å². The summed E-state index contributed by atoms with van der Waals surface area (Å²) in [5, 5.41) is 19.9. The minimum Gasteiger partial charge on any atom is -0.395 e. The molecular weight excluding hydrogens is 320 g/mol. The molecule has 3 N–H and O–H groups in total. The van der Waals surface area contributed by atoms with Gasteiger partial charge in [0.1, 0.15) is 6.61 Å². The highest BCUT2D eigenvalue weighted by Gasteiger charge is 2.33. The van der Waals surface area contributed by atoms with Gasteiger partial charge in [-0.25, -0.2) is 0 Å². The molecule has 1 aromatic heterocycles. The molecule has 2 heterocycles. The lowest BCUT2D eigenvalue weighted by molar-refractivity contribution is -0.125. The molecule has 3 rings (SSSR count). The van der Waals surface area contributed by atoms with E-state index in [4.69, 9.17) is 4.74 Å². The van der Waals surface area contributed by atoms with E-state index in [2.05, 4.69) is 20.4 Å². The van der Waals surface area contributed by atoms with Gasteiger partial charge in [0.15, 0.2) is 0 Å². The van der Waals surface area contributed by atoms with Crippen LogP contribution >= 0.6 is 0 Å². The van der Waals surface area contributed by atoms with Crippen molar-refractivity contribution in [3.63, 3.8) is 0 Å². The average molecular weight is 344 g/mol. The van der Waals surface area contributed by atoms with Gasteiger partial charge in [0.25, 0.3) is 0 Å². The van der Waals surface area contributed by atoms with Crippen molar-refractivity contribution >= 4 is 5.91 Å². The Morgan fingerprint density at radius 3 is 2.96 bits per heavy atom. The van der Waals surface area contributed by atoms with Gasteiger partial charge in [-0.05, 0) is 12.0 Å². The maximum absolute atomic E-state index is 11.7. The van der Waals surface area contributed by atoms with Gasteiger partial charge < -0.3 is 15.2 Å². The Morgan fingerprint density at radius 2 is 2.24 bits per heavy atom. The topological polar surface area (TPSA) is 90.5 Å². The van der Waals surface area contributed by atoms with E-state index in [-0.39, 0.29) is 31.2 Å². The molecule has 1 saturated heterocycles. The van der Waals surface area contributed by atoms with Gasteiger partial charge in [-0.15, -0.1) is 0 Å². The van der Waals surface area contributed by atoms with Crippen molar-refractivity contribution in [3.8, 4) is 11.3 Å². The number of benzene rings is 1. The van der Waals surface area contributed by atoms with Gasteiger partial charge in [0, 0.05) is 37.8 Å². The number of amides is 1. The molecule has 25 heavy (non-hydrogen) atoms. The van der Waals surface area contributed by atoms with Crippen LogP contribution in [0.25, 0.3) is 11.3 Å². The summed E-state index contributed by atoms with van der Waals surface area (Å²) in [6.45, 7) is 1.48. The van der Waals surface area contributed by atoms with Crippen LogP contribution in [0.5, 0.6) is 0 Å². The summed E-state index contributed by atoms with van der Waals surface area (Å²) in [4.78, 5) is 13.9. The van der Waals surface area contributed by atoms with Crippen molar-refractivity contribution in [1.82, 2.24) is 20.4 Å². The fourth-order valence-electron chi connectivity index (χ4n) is 3.38. The van der Waals surface area contributed by atoms with Crippen molar-refractivity contribution < 1.29 is 14.6 Å². The van der Waals surface area contributed by atoms with E-state index in [0.717, 1.165) is 23.2 Å². The number of carbonyl (C=O) groups is 1. The largest absolute Gasteiger partial charge is 0.395 e. The molecule has 7 nitrogen and oxygen atoms in total. The average Bonchev–Trinajstić information content (AvgIpc) is 3.23. The minimum absolute atomic E-state index is 0.0198. The van der Waals surface area contributed by atoms with Gasteiger partial charge in [-0.3, -0.25) is 14.8 Å². The fraction of sp³-hybridized carbons (Fsp3) is 0.444. The minimum atomic E-state index is -0.126. The monoisotopic (exact) mass is 344 g/mol. The summed E-state index contributed by atoms with van der Waals surface area (Å²) in [6.07, 6.45) is 2.55. The summed E-state index contributed by atoms with van der Waals surface area (Å²) in [5.41, 5.74) is 3.15. The van der Waals surface area contributed by atoms with Crippen LogP contribution < -0.4 is 5.32 Å². The van der Waals surface area contributed by atoms with Crippen LogP contribution in [0.2, 0.25) is 0 Å². The molecule has 1 fully saturated rings. The number of likely N-dealkylation sites (tertiary alicyclic amines) is 1. The number of hydrogen-bond acceptors (Lipinski definition) is 5. The lowest BCUT2D eigenvalue weighted by atomic mass is 10.1. The third kappa shape index (κ3) is 4.25. The first-order valence-corrected chi connectivity index (χ1v) is 8.42. The van der Waals surface area contributed by atoms with Crippen molar-refractivity contribution in [2.75, 3.05) is 26.9 Å². The molecule has 7 heteroatoms. The van der Waals surface area contributed by atoms with Gasteiger partial charge in [-0.1, -0.05) is 30.3 Å². The molecule has 2 aromatic rings. The molecule has 1 aliphatic heterocycles. The Morgan fingerprint density at radius 1 is 1.44 bits per heavy atom. The van der Waals surface area contributed by atoms with Gasteiger partial charge in [0.2, 0.25) is 5.91 Å². The summed E-state index contributed by atoms with van der Waals surface area (Å²) in [6, 6.07) is 10.1. The van der Waals surface area contributed by atoms with E-state index in [1.807, 2.05) is 36.5 Å². The molecule has 2 atom stereocenters. The van der Waals surface area contributed by atoms with Gasteiger partial charge in [-0.2, -0.15) is 5.10 Å². The van der Waals surface area contributed by atoms with Crippen LogP contribution in [0.15, 0.2) is 36.5 Å². The molecule has 0 bridgehead atoms. The Bertz CT molecular complexity index is 689. The summed E-state index contributed by atoms with van der Waals surface area (Å²) >= 11 is 0. The second-order valence-electron chi connectivity index (χ2n) is 6.34. The molecule has 2 unspecified atom stereocenters. The third-order valence-electron chi connectivity index (χ3n) is 4.53. The molecule has 0 radical (unpaired) electrons. The molecule has 1 aromatic carbocycles. The first-order chi connectivity index (χ1) is 12.2. The van der Waals surface area contributed by atoms with E-state index in [0.29, 0.717) is 13.1 Å². The standard InChI is InChI=1S/C18H24N4O3/c1-25-12-17(24)20-15-7-16(11-23)22(10-15)9-14-8-19-21-18(14)13-5-3-2-4-6-13/h2-6,8,15-16,23H,7,9-12H2,1H3,(H,19,21)(H,20,24). The van der Waals surface area contributed by atoms with Crippen molar-refractivity contribution in [2.45, 2.75) is 25.0 Å². The highest BCUT2D eigenvalue weighted by Crippen LogP contribution is 2.25. The Labute approximate surface area is 147 Å². The summed E-state index contributed by atoms with van der Waals surface area (Å²) < 4.78 is 4.86. The number of nitrogens with one attached hydrogen (secondary N) is 2. The molecular formula is C18H24N4O3. The number of hydrogen-bond donors (Lipinski definition) is 3. The van der Waals surface area contributed by atoms with E-state index in [1.54, 1.807) is 0 Å². The number of ether oxygens (including phenoxy) is 1. The Hall–Kier alpha value is -2.22. The van der Waals surface area contributed by atoms with Gasteiger partial charge in [0.05, 0.1) is 18.5 Å². The molecule has 0 saturated carbocycles. The second kappa shape index (κ2) is 8.24. The Balaban J connectivity index is 1.68. The van der Waals surface area contributed by atoms with Crippen molar-refractivity contribution in [3.05, 3.63) is 42.1 Å². The number of carbonyl (C=O) groups excluding carboxylic acids is 1. The number of aliphatic hydroxyl groups excluding tert-OH is 1. The fourth-order valence-corrected chi connectivity index (χ4v) is 3.38. The van der Waals surface area contributed by atoms with E-state index in [1.165, 1.54) is 7.11 Å². The van der Waals surface area contributed by atoms with Crippen molar-refractivity contribution in [2.24, 2.45) is 0 Å². The summed E-state index contributed by atoms with van der Waals surface area (Å²) in [5.74, 6) is -0.126. The smallest absolute Gasteiger partial charge is 0.246 e. The highest BCUT2D eigenvalue weighted by atomic mass is 16.5. The lowest BCUT2D eigenvalue weighted by Gasteiger charge is -2.22. The molecule has 1 amide bonds. The van der Waals surface area contributed by atoms with E-state index in [9.17, 15) is 9.90 Å². The summed E-state index contributed by atoms with van der Waals surface area (Å²) in [7, 11) is 1.50. The third-order valence-corrected chi connectivity index (χ3v) is 4.53. The normalized spacial score (nSPS) is 20.7. The van der Waals surface area contributed by atoms with Crippen LogP contribution in [0.1, 0.15) is 12.0 Å². The zero-order valence-corrected chi connectivity index (χ0v) is 14.3. The van der Waals surface area contributed by atoms with Gasteiger partial charge >= 0.3 is 0 Å². The number of H-pyrrole nitrogens is 1. The maximum Gasteiger partial charge on any atom is 0.246 e. The second-order valence-corrected chi connectivity index (χ2v) is 6.34. The van der Waals surface area contributed by atoms with Crippen LogP contribution in [-0.4, -0.2) is 65.1 Å². The first kappa shape index (κ1) is 17.6. The number of aliphatic hydroxyl groups is 1. The molecule has 0 aliphatic carbocycles. The van der Waals surface area contributed by atoms with Crippen LogP contribution in [0.4, 0.5) is 0 Å². The molecule has 0 spiro atoms. The quantitative estimate of drug-likeness (QED) is 0.690. The van der Waals surface area contributed by atoms with Crippen LogP contribution in [-0.2, 0) is 16.1 Å². The highest BCUT2D eigenvalue weighted by molar-refractivity contribution is 5.77. The number of rotatable bonds is 7. The number of aromatic amines is 1. The number of methoxy groups -OCH3 is 1. The zero-order chi connectivity index (χ0) is 17.6. The number of nitrogens with zero attached hydrogens (tertiary/aromatic N) is 2. The predicted molar refractivity (Wildman–Crippen MR) is 93.7 cm³/mol. The molecule has 134 valence electrons. The van der Waals surface area contributed by atoms with Crippen LogP contribution in [0.3, 0.4) is 0 Å². The van der Waals surface area contributed by atoms with Crippen LogP contribution in [0, 0.1) is 0 Å². The lowest BCUT2D eigenvalue weighted by Crippen LogP contribution is -2.38. The van der Waals surface area contributed by atoms with E-state index >= 15 is 0 Å². The zero-order valence-electron chi connectivity index (χ0n) is 14.3. The maximum atomic E-state index is 11.7. The SMILES string of the molecule is COCC(=O)NC1CC(CO)N(Cc2cn[nH]c2-c2ccccc2)C1.